The first-order chi connectivity index (χ1) is 10.9. The van der Waals surface area contributed by atoms with E-state index in [9.17, 15) is 0 Å². The Morgan fingerprint density at radius 2 is 1.57 bits per heavy atom. The van der Waals surface area contributed by atoms with Crippen LogP contribution in [0.1, 0.15) is 48.6 Å². The SMILES string of the molecule is [Ir].[c-]1cc2c(cc1-c1cc3ccccc3cn1)C1CCC2CC1. The molecule has 0 aliphatic heterocycles. The van der Waals surface area contributed by atoms with Crippen LogP contribution < -0.4 is 0 Å². The number of hydrogen-bond acceptors (Lipinski definition) is 1. The first-order valence-corrected chi connectivity index (χ1v) is 8.29. The van der Waals surface area contributed by atoms with Gasteiger partial charge in [-0.2, -0.15) is 0 Å². The second-order valence-corrected chi connectivity index (χ2v) is 6.72. The number of fused-ring (bicyclic) bond motifs is 3. The molecule has 0 saturated heterocycles. The van der Waals surface area contributed by atoms with Gasteiger partial charge < -0.3 is 4.98 Å². The Morgan fingerprint density at radius 1 is 0.870 bits per heavy atom. The van der Waals surface area contributed by atoms with E-state index in [1.807, 2.05) is 6.20 Å². The summed E-state index contributed by atoms with van der Waals surface area (Å²) in [6, 6.07) is 18.7. The van der Waals surface area contributed by atoms with Gasteiger partial charge in [0, 0.05) is 26.3 Å². The Kier molecular flexibility index (Phi) is 3.83. The molecule has 3 aliphatic carbocycles. The number of pyridine rings is 1. The van der Waals surface area contributed by atoms with E-state index in [0.29, 0.717) is 0 Å². The third-order valence-corrected chi connectivity index (χ3v) is 5.53. The minimum Gasteiger partial charge on any atom is -0.304 e. The molecule has 6 rings (SSSR count). The number of aromatic nitrogens is 1. The minimum atomic E-state index is 0. The number of nitrogens with zero attached hydrogens (tertiary/aromatic N) is 1. The van der Waals surface area contributed by atoms with E-state index < -0.39 is 0 Å². The summed E-state index contributed by atoms with van der Waals surface area (Å²) in [4.78, 5) is 4.66. The van der Waals surface area contributed by atoms with Gasteiger partial charge in [0.25, 0.3) is 0 Å². The van der Waals surface area contributed by atoms with E-state index in [4.69, 9.17) is 0 Å². The molecule has 2 bridgehead atoms. The van der Waals surface area contributed by atoms with E-state index in [1.54, 1.807) is 11.1 Å². The van der Waals surface area contributed by atoms with Gasteiger partial charge in [0.1, 0.15) is 0 Å². The van der Waals surface area contributed by atoms with Crippen molar-refractivity contribution in [2.75, 3.05) is 0 Å². The molecule has 1 heterocycles. The standard InChI is InChI=1S/C21H18N.Ir/c1-2-4-18-13-22-21(12-16(18)3-1)17-9-10-19-14-5-7-15(8-6-14)20(19)11-17;/h1-4,10-15H,5-8H2;/q-1;. The predicted octanol–water partition coefficient (Wildman–Crippen LogP) is 5.45. The normalized spacial score (nSPS) is 21.7. The molecule has 0 unspecified atom stereocenters. The largest absolute Gasteiger partial charge is 0.304 e. The van der Waals surface area contributed by atoms with Crippen LogP contribution in [0.15, 0.2) is 48.7 Å². The Morgan fingerprint density at radius 3 is 2.35 bits per heavy atom. The molecule has 1 radical (unpaired) electrons. The summed E-state index contributed by atoms with van der Waals surface area (Å²) in [5.74, 6) is 1.56. The maximum atomic E-state index is 4.66. The van der Waals surface area contributed by atoms with Crippen LogP contribution in [0.5, 0.6) is 0 Å². The fourth-order valence-electron chi connectivity index (χ4n) is 4.32. The first kappa shape index (κ1) is 15.1. The van der Waals surface area contributed by atoms with E-state index in [0.717, 1.165) is 23.1 Å². The first-order valence-electron chi connectivity index (χ1n) is 8.29. The second-order valence-electron chi connectivity index (χ2n) is 6.72. The maximum absolute atomic E-state index is 4.66. The zero-order valence-corrected chi connectivity index (χ0v) is 15.3. The van der Waals surface area contributed by atoms with Crippen molar-refractivity contribution in [2.24, 2.45) is 0 Å². The predicted molar refractivity (Wildman–Crippen MR) is 90.0 cm³/mol. The smallest absolute Gasteiger partial charge is 0.0239 e. The summed E-state index contributed by atoms with van der Waals surface area (Å²) in [6.07, 6.45) is 7.46. The molecule has 117 valence electrons. The average molecular weight is 477 g/mol. The van der Waals surface area contributed by atoms with Gasteiger partial charge in [0.05, 0.1) is 0 Å². The fraction of sp³-hybridized carbons (Fsp3) is 0.286. The minimum absolute atomic E-state index is 0. The van der Waals surface area contributed by atoms with Crippen LogP contribution in [-0.2, 0) is 20.1 Å². The zero-order chi connectivity index (χ0) is 14.5. The molecule has 1 saturated carbocycles. The van der Waals surface area contributed by atoms with Crippen molar-refractivity contribution in [1.82, 2.24) is 4.98 Å². The van der Waals surface area contributed by atoms with Gasteiger partial charge in [-0.1, -0.05) is 49.1 Å². The Balaban J connectivity index is 0.00000135. The molecule has 2 heteroatoms. The van der Waals surface area contributed by atoms with E-state index in [1.165, 1.54) is 36.5 Å². The van der Waals surface area contributed by atoms with Gasteiger partial charge in [-0.25, -0.2) is 0 Å². The molecule has 0 spiro atoms. The molecule has 1 nitrogen and oxygen atoms in total. The Labute approximate surface area is 150 Å². The summed E-state index contributed by atoms with van der Waals surface area (Å²) in [7, 11) is 0. The molecule has 3 aromatic rings. The van der Waals surface area contributed by atoms with E-state index >= 15 is 0 Å². The van der Waals surface area contributed by atoms with Gasteiger partial charge in [-0.05, 0) is 35.2 Å². The molecule has 23 heavy (non-hydrogen) atoms. The van der Waals surface area contributed by atoms with Crippen LogP contribution in [0, 0.1) is 6.07 Å². The molecule has 0 N–H and O–H groups in total. The number of benzene rings is 2. The summed E-state index contributed by atoms with van der Waals surface area (Å²) in [5.41, 5.74) is 5.33. The Hall–Kier alpha value is -1.50. The summed E-state index contributed by atoms with van der Waals surface area (Å²) < 4.78 is 0. The molecule has 3 aliphatic rings. The average Bonchev–Trinajstić information content (AvgIpc) is 2.62. The van der Waals surface area contributed by atoms with Crippen molar-refractivity contribution in [3.63, 3.8) is 0 Å². The van der Waals surface area contributed by atoms with Gasteiger partial charge in [-0.3, -0.25) is 0 Å². The van der Waals surface area contributed by atoms with Crippen LogP contribution in [0.4, 0.5) is 0 Å². The maximum Gasteiger partial charge on any atom is 0.0239 e. The topological polar surface area (TPSA) is 12.9 Å². The fourth-order valence-corrected chi connectivity index (χ4v) is 4.32. The molecular weight excluding hydrogens is 458 g/mol. The van der Waals surface area contributed by atoms with Crippen LogP contribution in [0.3, 0.4) is 0 Å². The summed E-state index contributed by atoms with van der Waals surface area (Å²) >= 11 is 0. The molecule has 1 aromatic heterocycles. The Bertz CT molecular complexity index is 863. The van der Waals surface area contributed by atoms with Crippen LogP contribution in [0.2, 0.25) is 0 Å². The third-order valence-electron chi connectivity index (χ3n) is 5.53. The van der Waals surface area contributed by atoms with E-state index in [2.05, 4.69) is 53.5 Å². The summed E-state index contributed by atoms with van der Waals surface area (Å²) in [5, 5.41) is 2.45. The molecule has 1 fully saturated rings. The van der Waals surface area contributed by atoms with Crippen molar-refractivity contribution >= 4 is 10.8 Å². The number of hydrogen-bond donors (Lipinski definition) is 0. The van der Waals surface area contributed by atoms with Crippen molar-refractivity contribution in [3.05, 3.63) is 65.9 Å². The van der Waals surface area contributed by atoms with Crippen molar-refractivity contribution in [2.45, 2.75) is 37.5 Å². The van der Waals surface area contributed by atoms with Crippen molar-refractivity contribution in [1.29, 1.82) is 0 Å². The molecular formula is C21H18IrN-. The van der Waals surface area contributed by atoms with Crippen LogP contribution >= 0.6 is 0 Å². The van der Waals surface area contributed by atoms with Crippen molar-refractivity contribution < 1.29 is 20.1 Å². The molecule has 0 amide bonds. The van der Waals surface area contributed by atoms with Gasteiger partial charge in [-0.15, -0.1) is 34.9 Å². The zero-order valence-electron chi connectivity index (χ0n) is 12.9. The van der Waals surface area contributed by atoms with E-state index in [-0.39, 0.29) is 20.1 Å². The second kappa shape index (κ2) is 5.85. The van der Waals surface area contributed by atoms with Gasteiger partial charge in [0.2, 0.25) is 0 Å². The quantitative estimate of drug-likeness (QED) is 0.426. The molecule has 2 aromatic carbocycles. The van der Waals surface area contributed by atoms with Crippen LogP contribution in [-0.4, -0.2) is 4.98 Å². The van der Waals surface area contributed by atoms with Gasteiger partial charge >= 0.3 is 0 Å². The summed E-state index contributed by atoms with van der Waals surface area (Å²) in [6.45, 7) is 0. The van der Waals surface area contributed by atoms with Gasteiger partial charge in [0.15, 0.2) is 0 Å². The molecule has 0 atom stereocenters. The third kappa shape index (κ3) is 2.45. The van der Waals surface area contributed by atoms with Crippen molar-refractivity contribution in [3.8, 4) is 11.3 Å². The number of rotatable bonds is 1. The van der Waals surface area contributed by atoms with Crippen LogP contribution in [0.25, 0.3) is 22.0 Å². The monoisotopic (exact) mass is 477 g/mol.